The predicted molar refractivity (Wildman–Crippen MR) is 70.1 cm³/mol. The number of amides is 1. The first kappa shape index (κ1) is 13.2. The second kappa shape index (κ2) is 5.61. The van der Waals surface area contributed by atoms with E-state index in [2.05, 4.69) is 5.32 Å². The SMILES string of the molecule is CCc1cccc(NC(=O)c2c(F)cccc2F)c1. The molecule has 0 aromatic heterocycles. The lowest BCUT2D eigenvalue weighted by molar-refractivity contribution is 0.101. The summed E-state index contributed by atoms with van der Waals surface area (Å²) in [6.45, 7) is 1.98. The van der Waals surface area contributed by atoms with Crippen LogP contribution in [0.4, 0.5) is 14.5 Å². The van der Waals surface area contributed by atoms with E-state index < -0.39 is 23.1 Å². The molecule has 1 N–H and O–H groups in total. The topological polar surface area (TPSA) is 29.1 Å². The van der Waals surface area contributed by atoms with Gasteiger partial charge in [-0.15, -0.1) is 0 Å². The first-order chi connectivity index (χ1) is 9.11. The Balaban J connectivity index is 2.26. The van der Waals surface area contributed by atoms with Crippen LogP contribution in [0.5, 0.6) is 0 Å². The zero-order valence-electron chi connectivity index (χ0n) is 10.4. The van der Waals surface area contributed by atoms with Gasteiger partial charge in [-0.3, -0.25) is 4.79 Å². The number of rotatable bonds is 3. The van der Waals surface area contributed by atoms with Gasteiger partial charge in [0.25, 0.3) is 5.91 Å². The molecular weight excluding hydrogens is 248 g/mol. The third-order valence-corrected chi connectivity index (χ3v) is 2.78. The first-order valence-electron chi connectivity index (χ1n) is 5.96. The molecule has 2 aromatic carbocycles. The number of nitrogens with one attached hydrogen (secondary N) is 1. The number of halogens is 2. The zero-order valence-corrected chi connectivity index (χ0v) is 10.4. The summed E-state index contributed by atoms with van der Waals surface area (Å²) >= 11 is 0. The highest BCUT2D eigenvalue weighted by Crippen LogP contribution is 2.16. The van der Waals surface area contributed by atoms with Gasteiger partial charge in [-0.2, -0.15) is 0 Å². The summed E-state index contributed by atoms with van der Waals surface area (Å²) in [5, 5.41) is 2.50. The van der Waals surface area contributed by atoms with Crippen molar-refractivity contribution in [3.8, 4) is 0 Å². The van der Waals surface area contributed by atoms with E-state index in [9.17, 15) is 13.6 Å². The lowest BCUT2D eigenvalue weighted by Crippen LogP contribution is -2.15. The van der Waals surface area contributed by atoms with E-state index in [1.165, 1.54) is 6.07 Å². The third kappa shape index (κ3) is 2.96. The molecule has 0 bridgehead atoms. The molecule has 0 unspecified atom stereocenters. The lowest BCUT2D eigenvalue weighted by Gasteiger charge is -2.08. The predicted octanol–water partition coefficient (Wildman–Crippen LogP) is 3.78. The molecule has 0 saturated carbocycles. The Morgan fingerprint density at radius 2 is 1.74 bits per heavy atom. The van der Waals surface area contributed by atoms with Gasteiger partial charge in [-0.25, -0.2) is 8.78 Å². The van der Waals surface area contributed by atoms with Crippen LogP contribution in [0.15, 0.2) is 42.5 Å². The van der Waals surface area contributed by atoms with Gasteiger partial charge >= 0.3 is 0 Å². The van der Waals surface area contributed by atoms with Crippen LogP contribution in [0.3, 0.4) is 0 Å². The molecule has 4 heteroatoms. The molecule has 0 atom stereocenters. The Morgan fingerprint density at radius 3 is 2.37 bits per heavy atom. The zero-order chi connectivity index (χ0) is 13.8. The molecule has 0 aliphatic carbocycles. The molecule has 2 nitrogen and oxygen atoms in total. The molecule has 98 valence electrons. The maximum absolute atomic E-state index is 13.4. The maximum atomic E-state index is 13.4. The van der Waals surface area contributed by atoms with Crippen LogP contribution < -0.4 is 5.32 Å². The molecular formula is C15H13F2NO. The van der Waals surface area contributed by atoms with Gasteiger partial charge in [0.2, 0.25) is 0 Å². The summed E-state index contributed by atoms with van der Waals surface area (Å²) in [4.78, 5) is 11.9. The van der Waals surface area contributed by atoms with Gasteiger partial charge in [0.1, 0.15) is 17.2 Å². The normalized spacial score (nSPS) is 10.3. The Labute approximate surface area is 110 Å². The molecule has 19 heavy (non-hydrogen) atoms. The number of carbonyl (C=O) groups excluding carboxylic acids is 1. The molecule has 0 aliphatic rings. The number of carbonyl (C=O) groups is 1. The van der Waals surface area contributed by atoms with E-state index in [1.807, 2.05) is 13.0 Å². The Bertz CT molecular complexity index is 591. The molecule has 0 saturated heterocycles. The summed E-state index contributed by atoms with van der Waals surface area (Å²) in [6.07, 6.45) is 0.817. The van der Waals surface area contributed by atoms with Crippen molar-refractivity contribution in [2.24, 2.45) is 0 Å². The summed E-state index contributed by atoms with van der Waals surface area (Å²) in [5.41, 5.74) is 0.989. The van der Waals surface area contributed by atoms with Crippen LogP contribution in [-0.2, 0) is 6.42 Å². The number of hydrogen-bond donors (Lipinski definition) is 1. The summed E-state index contributed by atoms with van der Waals surface area (Å²) in [7, 11) is 0. The van der Waals surface area contributed by atoms with Crippen LogP contribution >= 0.6 is 0 Å². The average molecular weight is 261 g/mol. The van der Waals surface area contributed by atoms with Crippen molar-refractivity contribution >= 4 is 11.6 Å². The van der Waals surface area contributed by atoms with E-state index in [4.69, 9.17) is 0 Å². The summed E-state index contributed by atoms with van der Waals surface area (Å²) in [5.74, 6) is -2.53. The van der Waals surface area contributed by atoms with Crippen LogP contribution in [0.1, 0.15) is 22.8 Å². The van der Waals surface area contributed by atoms with Crippen LogP contribution in [0.25, 0.3) is 0 Å². The molecule has 0 heterocycles. The minimum Gasteiger partial charge on any atom is -0.322 e. The van der Waals surface area contributed by atoms with Gasteiger partial charge in [0, 0.05) is 5.69 Å². The largest absolute Gasteiger partial charge is 0.322 e. The van der Waals surface area contributed by atoms with Gasteiger partial charge < -0.3 is 5.32 Å². The van der Waals surface area contributed by atoms with Crippen LogP contribution in [0, 0.1) is 11.6 Å². The fraction of sp³-hybridized carbons (Fsp3) is 0.133. The summed E-state index contributed by atoms with van der Waals surface area (Å²) < 4.78 is 26.9. The van der Waals surface area contributed by atoms with E-state index in [0.29, 0.717) is 5.69 Å². The minimum atomic E-state index is -0.871. The third-order valence-electron chi connectivity index (χ3n) is 2.78. The van der Waals surface area contributed by atoms with Crippen molar-refractivity contribution in [3.05, 3.63) is 65.2 Å². The molecule has 0 spiro atoms. The van der Waals surface area contributed by atoms with Crippen LogP contribution in [-0.4, -0.2) is 5.91 Å². The van der Waals surface area contributed by atoms with Gasteiger partial charge in [-0.05, 0) is 36.2 Å². The van der Waals surface area contributed by atoms with E-state index in [-0.39, 0.29) is 0 Å². The van der Waals surface area contributed by atoms with Gasteiger partial charge in [-0.1, -0.05) is 25.1 Å². The number of hydrogen-bond acceptors (Lipinski definition) is 1. The first-order valence-corrected chi connectivity index (χ1v) is 5.96. The number of benzene rings is 2. The molecule has 0 aliphatic heterocycles. The second-order valence-electron chi connectivity index (χ2n) is 4.10. The van der Waals surface area contributed by atoms with E-state index in [0.717, 1.165) is 24.1 Å². The number of aryl methyl sites for hydroxylation is 1. The van der Waals surface area contributed by atoms with Crippen molar-refractivity contribution in [1.29, 1.82) is 0 Å². The quantitative estimate of drug-likeness (QED) is 0.895. The van der Waals surface area contributed by atoms with Crippen molar-refractivity contribution < 1.29 is 13.6 Å². The summed E-state index contributed by atoms with van der Waals surface area (Å²) in [6, 6.07) is 10.5. The fourth-order valence-electron chi connectivity index (χ4n) is 1.78. The highest BCUT2D eigenvalue weighted by Gasteiger charge is 2.16. The second-order valence-corrected chi connectivity index (χ2v) is 4.10. The minimum absolute atomic E-state index is 0.520. The van der Waals surface area contributed by atoms with E-state index >= 15 is 0 Å². The standard InChI is InChI=1S/C15H13F2NO/c1-2-10-5-3-6-11(9-10)18-15(19)14-12(16)7-4-8-13(14)17/h3-9H,2H2,1H3,(H,18,19). The molecule has 2 rings (SSSR count). The van der Waals surface area contributed by atoms with Crippen molar-refractivity contribution in [2.45, 2.75) is 13.3 Å². The monoisotopic (exact) mass is 261 g/mol. The highest BCUT2D eigenvalue weighted by molar-refractivity contribution is 6.04. The molecule has 2 aromatic rings. The maximum Gasteiger partial charge on any atom is 0.261 e. The fourth-order valence-corrected chi connectivity index (χ4v) is 1.78. The Morgan fingerprint density at radius 1 is 1.11 bits per heavy atom. The molecule has 1 amide bonds. The lowest BCUT2D eigenvalue weighted by atomic mass is 10.1. The average Bonchev–Trinajstić information content (AvgIpc) is 2.38. The van der Waals surface area contributed by atoms with Crippen molar-refractivity contribution in [1.82, 2.24) is 0 Å². The Kier molecular flexibility index (Phi) is 3.90. The molecule has 0 radical (unpaired) electrons. The van der Waals surface area contributed by atoms with Gasteiger partial charge in [0.05, 0.1) is 0 Å². The smallest absolute Gasteiger partial charge is 0.261 e. The van der Waals surface area contributed by atoms with E-state index in [1.54, 1.807) is 18.2 Å². The highest BCUT2D eigenvalue weighted by atomic mass is 19.1. The number of anilines is 1. The Hall–Kier alpha value is -2.23. The van der Waals surface area contributed by atoms with Gasteiger partial charge in [0.15, 0.2) is 0 Å². The molecule has 0 fully saturated rings. The van der Waals surface area contributed by atoms with Crippen molar-refractivity contribution in [3.63, 3.8) is 0 Å². The van der Waals surface area contributed by atoms with Crippen LogP contribution in [0.2, 0.25) is 0 Å². The van der Waals surface area contributed by atoms with Crippen molar-refractivity contribution in [2.75, 3.05) is 5.32 Å².